The Labute approximate surface area is 176 Å². The minimum atomic E-state index is -1.29. The molecule has 148 valence electrons. The van der Waals surface area contributed by atoms with Gasteiger partial charge < -0.3 is 10.0 Å². The first-order valence-electron chi connectivity index (χ1n) is 9.91. The van der Waals surface area contributed by atoms with Gasteiger partial charge >= 0.3 is 0 Å². The van der Waals surface area contributed by atoms with Crippen LogP contribution in [0, 0.1) is 0 Å². The van der Waals surface area contributed by atoms with E-state index >= 15 is 0 Å². The fourth-order valence-electron chi connectivity index (χ4n) is 4.08. The second-order valence-corrected chi connectivity index (χ2v) is 8.15. The third-order valence-corrected chi connectivity index (χ3v) is 6.42. The van der Waals surface area contributed by atoms with Crippen molar-refractivity contribution in [1.82, 2.24) is 4.90 Å². The van der Waals surface area contributed by atoms with Crippen molar-refractivity contribution in [2.75, 3.05) is 13.1 Å². The first-order valence-corrected chi connectivity index (χ1v) is 10.3. The maximum Gasteiger partial charge on any atom is 0.252 e. The number of amides is 1. The van der Waals surface area contributed by atoms with Gasteiger partial charge in [-0.05, 0) is 29.5 Å². The normalized spacial score (nSPS) is 16.4. The molecule has 1 aliphatic heterocycles. The lowest BCUT2D eigenvalue weighted by Crippen LogP contribution is -2.51. The molecule has 3 aromatic rings. The number of alkyl halides is 1. The van der Waals surface area contributed by atoms with Gasteiger partial charge in [0.2, 0.25) is 0 Å². The van der Waals surface area contributed by atoms with Gasteiger partial charge in [0.1, 0.15) is 0 Å². The fraction of sp³-hybridized carbons (Fsp3) is 0.240. The van der Waals surface area contributed by atoms with Crippen LogP contribution in [0.4, 0.5) is 0 Å². The molecular weight excluding hydrogens is 382 g/mol. The molecule has 1 heterocycles. The van der Waals surface area contributed by atoms with Gasteiger partial charge in [0.15, 0.2) is 4.87 Å². The minimum Gasteiger partial charge on any atom is -0.385 e. The number of carbonyl (C=O) groups excluding carboxylic acids is 1. The lowest BCUT2D eigenvalue weighted by atomic mass is 9.83. The number of nitrogens with zero attached hydrogens (tertiary/aromatic N) is 1. The van der Waals surface area contributed by atoms with Gasteiger partial charge in [-0.2, -0.15) is 0 Å². The Bertz CT molecular complexity index is 912. The van der Waals surface area contributed by atoms with Gasteiger partial charge in [-0.3, -0.25) is 4.79 Å². The third kappa shape index (κ3) is 3.68. The lowest BCUT2D eigenvalue weighted by Gasteiger charge is -2.41. The summed E-state index contributed by atoms with van der Waals surface area (Å²) in [5.74, 6) is -0.147. The zero-order valence-corrected chi connectivity index (χ0v) is 16.9. The van der Waals surface area contributed by atoms with Crippen LogP contribution in [0.1, 0.15) is 29.5 Å². The predicted molar refractivity (Wildman–Crippen MR) is 116 cm³/mol. The topological polar surface area (TPSA) is 40.5 Å². The van der Waals surface area contributed by atoms with Crippen LogP contribution >= 0.6 is 11.6 Å². The molecule has 3 nitrogen and oxygen atoms in total. The molecule has 0 saturated carbocycles. The average Bonchev–Trinajstić information content (AvgIpc) is 2.80. The number of rotatable bonds is 4. The molecule has 0 bridgehead atoms. The number of carbonyl (C=O) groups is 1. The summed E-state index contributed by atoms with van der Waals surface area (Å²) in [4.78, 5) is 14.2. The van der Waals surface area contributed by atoms with E-state index in [1.807, 2.05) is 91.0 Å². The third-order valence-electron chi connectivity index (χ3n) is 5.83. The molecular formula is C25H24ClNO2. The average molecular weight is 406 g/mol. The van der Waals surface area contributed by atoms with Crippen molar-refractivity contribution in [1.29, 1.82) is 0 Å². The highest BCUT2D eigenvalue weighted by atomic mass is 35.5. The quantitative estimate of drug-likeness (QED) is 0.640. The van der Waals surface area contributed by atoms with Crippen LogP contribution in [0.25, 0.3) is 0 Å². The molecule has 1 amide bonds. The largest absolute Gasteiger partial charge is 0.385 e. The zero-order chi connectivity index (χ0) is 20.3. The standard InChI is InChI=1S/C25H24ClNO2/c26-25(21-12-6-2-7-13-21,22-14-8-3-9-15-22)23(28)27-18-16-24(29,17-19-27)20-10-4-1-5-11-20/h1-15,29H,16-19H2. The molecule has 0 aromatic heterocycles. The molecule has 1 N–H and O–H groups in total. The molecule has 0 aliphatic carbocycles. The Morgan fingerprint density at radius 3 is 1.66 bits per heavy atom. The van der Waals surface area contributed by atoms with E-state index in [9.17, 15) is 9.90 Å². The van der Waals surface area contributed by atoms with Gasteiger partial charge in [-0.15, -0.1) is 0 Å². The molecule has 1 fully saturated rings. The number of likely N-dealkylation sites (tertiary alicyclic amines) is 1. The summed E-state index contributed by atoms with van der Waals surface area (Å²) >= 11 is 7.11. The number of hydrogen-bond acceptors (Lipinski definition) is 2. The zero-order valence-electron chi connectivity index (χ0n) is 16.2. The van der Waals surface area contributed by atoms with Gasteiger partial charge in [0.05, 0.1) is 5.60 Å². The second kappa shape index (κ2) is 8.02. The van der Waals surface area contributed by atoms with Crippen molar-refractivity contribution >= 4 is 17.5 Å². The first-order chi connectivity index (χ1) is 14.0. The van der Waals surface area contributed by atoms with E-state index in [1.54, 1.807) is 4.90 Å². The van der Waals surface area contributed by atoms with Gasteiger partial charge in [-0.25, -0.2) is 0 Å². The van der Waals surface area contributed by atoms with Crippen LogP contribution in [0.3, 0.4) is 0 Å². The monoisotopic (exact) mass is 405 g/mol. The summed E-state index contributed by atoms with van der Waals surface area (Å²) in [6.07, 6.45) is 0.971. The number of aliphatic hydroxyl groups is 1. The number of halogens is 1. The summed E-state index contributed by atoms with van der Waals surface area (Å²) in [6, 6.07) is 28.7. The molecule has 29 heavy (non-hydrogen) atoms. The van der Waals surface area contributed by atoms with Crippen molar-refractivity contribution in [3.8, 4) is 0 Å². The number of piperidine rings is 1. The van der Waals surface area contributed by atoms with Crippen LogP contribution in [-0.4, -0.2) is 29.0 Å². The SMILES string of the molecule is O=C(N1CCC(O)(c2ccccc2)CC1)C(Cl)(c1ccccc1)c1ccccc1. The lowest BCUT2D eigenvalue weighted by molar-refractivity contribution is -0.137. The van der Waals surface area contributed by atoms with E-state index in [4.69, 9.17) is 11.6 Å². The Balaban J connectivity index is 1.62. The molecule has 4 rings (SSSR count). The Hall–Kier alpha value is -2.62. The van der Waals surface area contributed by atoms with E-state index in [-0.39, 0.29) is 5.91 Å². The highest BCUT2D eigenvalue weighted by molar-refractivity contribution is 6.37. The molecule has 3 aromatic carbocycles. The van der Waals surface area contributed by atoms with Gasteiger partial charge in [0, 0.05) is 13.1 Å². The number of benzene rings is 3. The Kier molecular flexibility index (Phi) is 5.44. The molecule has 4 heteroatoms. The van der Waals surface area contributed by atoms with Crippen molar-refractivity contribution in [3.05, 3.63) is 108 Å². The van der Waals surface area contributed by atoms with Crippen molar-refractivity contribution in [3.63, 3.8) is 0 Å². The van der Waals surface area contributed by atoms with Crippen LogP contribution in [-0.2, 0) is 15.3 Å². The van der Waals surface area contributed by atoms with E-state index in [2.05, 4.69) is 0 Å². The van der Waals surface area contributed by atoms with Gasteiger partial charge in [-0.1, -0.05) is 103 Å². The minimum absolute atomic E-state index is 0.147. The molecule has 1 saturated heterocycles. The van der Waals surface area contributed by atoms with Crippen molar-refractivity contribution in [2.24, 2.45) is 0 Å². The molecule has 0 spiro atoms. The maximum absolute atomic E-state index is 13.7. The Morgan fingerprint density at radius 2 is 1.21 bits per heavy atom. The van der Waals surface area contributed by atoms with Crippen molar-refractivity contribution < 1.29 is 9.90 Å². The molecule has 0 radical (unpaired) electrons. The second-order valence-electron chi connectivity index (χ2n) is 7.58. The van der Waals surface area contributed by atoms with Crippen LogP contribution in [0.15, 0.2) is 91.0 Å². The molecule has 0 atom stereocenters. The van der Waals surface area contributed by atoms with E-state index in [0.29, 0.717) is 25.9 Å². The fourth-order valence-corrected chi connectivity index (χ4v) is 4.46. The predicted octanol–water partition coefficient (Wildman–Crippen LogP) is 4.68. The van der Waals surface area contributed by atoms with Crippen LogP contribution in [0.2, 0.25) is 0 Å². The summed E-state index contributed by atoms with van der Waals surface area (Å²) in [5, 5.41) is 11.1. The Morgan fingerprint density at radius 1 is 0.793 bits per heavy atom. The van der Waals surface area contributed by atoms with Gasteiger partial charge in [0.25, 0.3) is 5.91 Å². The van der Waals surface area contributed by atoms with E-state index < -0.39 is 10.5 Å². The van der Waals surface area contributed by atoms with Crippen LogP contribution in [0.5, 0.6) is 0 Å². The first kappa shape index (κ1) is 19.7. The smallest absolute Gasteiger partial charge is 0.252 e. The summed E-state index contributed by atoms with van der Waals surface area (Å²) in [6.45, 7) is 0.913. The highest BCUT2D eigenvalue weighted by Crippen LogP contribution is 2.41. The highest BCUT2D eigenvalue weighted by Gasteiger charge is 2.45. The number of hydrogen-bond donors (Lipinski definition) is 1. The maximum atomic E-state index is 13.7. The molecule has 1 aliphatic rings. The van der Waals surface area contributed by atoms with E-state index in [1.165, 1.54) is 0 Å². The summed E-state index contributed by atoms with van der Waals surface area (Å²) < 4.78 is 0. The summed E-state index contributed by atoms with van der Waals surface area (Å²) in [7, 11) is 0. The molecule has 0 unspecified atom stereocenters. The summed E-state index contributed by atoms with van der Waals surface area (Å²) in [5.41, 5.74) is 1.49. The van der Waals surface area contributed by atoms with Crippen molar-refractivity contribution in [2.45, 2.75) is 23.3 Å². The van der Waals surface area contributed by atoms with Crippen LogP contribution < -0.4 is 0 Å². The van der Waals surface area contributed by atoms with E-state index in [0.717, 1.165) is 16.7 Å².